The van der Waals surface area contributed by atoms with Gasteiger partial charge in [0.1, 0.15) is 0 Å². The van der Waals surface area contributed by atoms with Crippen molar-refractivity contribution in [2.75, 3.05) is 0 Å². The van der Waals surface area contributed by atoms with E-state index in [1.54, 1.807) is 0 Å². The third kappa shape index (κ3) is 2.60. The summed E-state index contributed by atoms with van der Waals surface area (Å²) < 4.78 is 136. The van der Waals surface area contributed by atoms with Crippen LogP contribution in [-0.2, 0) is 0 Å². The highest BCUT2D eigenvalue weighted by atomic mass is 19.4. The van der Waals surface area contributed by atoms with E-state index in [4.69, 9.17) is 0 Å². The number of hydrogen-bond acceptors (Lipinski definition) is 0. The molecule has 0 N–H and O–H groups in total. The highest BCUT2D eigenvalue weighted by molar-refractivity contribution is 5.10. The number of halogens is 11. The Kier molecular flexibility index (Phi) is 4.46. The van der Waals surface area contributed by atoms with Gasteiger partial charge in [0.15, 0.2) is 0 Å². The van der Waals surface area contributed by atoms with Crippen molar-refractivity contribution >= 4 is 0 Å². The molecule has 11 heteroatoms. The van der Waals surface area contributed by atoms with Gasteiger partial charge in [0, 0.05) is 6.42 Å². The third-order valence-corrected chi connectivity index (χ3v) is 2.24. The zero-order valence-corrected chi connectivity index (χ0v) is 9.07. The first kappa shape index (κ1) is 18.2. The summed E-state index contributed by atoms with van der Waals surface area (Å²) in [7, 11) is 0. The Balaban J connectivity index is 6.05. The summed E-state index contributed by atoms with van der Waals surface area (Å²) >= 11 is 0. The Morgan fingerprint density at radius 1 is 0.632 bits per heavy atom. The number of rotatable bonds is 4. The molecule has 0 heterocycles. The predicted molar refractivity (Wildman–Crippen MR) is 40.8 cm³/mol. The van der Waals surface area contributed by atoms with Crippen LogP contribution in [-0.4, -0.2) is 29.9 Å². The summed E-state index contributed by atoms with van der Waals surface area (Å²) in [4.78, 5) is 0. The van der Waals surface area contributed by atoms with Gasteiger partial charge in [0.05, 0.1) is 0 Å². The molecule has 0 atom stereocenters. The van der Waals surface area contributed by atoms with E-state index in [0.29, 0.717) is 0 Å². The topological polar surface area (TPSA) is 0 Å². The zero-order valence-electron chi connectivity index (χ0n) is 9.07. The molecule has 116 valence electrons. The van der Waals surface area contributed by atoms with Gasteiger partial charge >= 0.3 is 29.9 Å². The maximum Gasteiger partial charge on any atom is 0.438 e. The van der Waals surface area contributed by atoms with Crippen LogP contribution in [0.15, 0.2) is 0 Å². The maximum atomic E-state index is 12.9. The normalized spacial score (nSPS) is 15.8. The maximum absolute atomic E-state index is 12.9. The Morgan fingerprint density at radius 2 is 0.947 bits per heavy atom. The second-order valence-electron chi connectivity index (χ2n) is 3.68. The van der Waals surface area contributed by atoms with Crippen molar-refractivity contribution in [2.45, 2.75) is 49.6 Å². The molecule has 0 spiro atoms. The quantitative estimate of drug-likeness (QED) is 0.648. The molecule has 19 heavy (non-hydrogen) atoms. The minimum absolute atomic E-state index is 0.811. The molecule has 0 radical (unpaired) electrons. The molecule has 0 saturated carbocycles. The summed E-state index contributed by atoms with van der Waals surface area (Å²) in [5, 5.41) is 0. The first-order chi connectivity index (χ1) is 8.06. The minimum Gasteiger partial charge on any atom is -0.216 e. The fraction of sp³-hybridized carbons (Fsp3) is 1.00. The zero-order chi connectivity index (χ0) is 15.9. The second-order valence-corrected chi connectivity index (χ2v) is 3.68. The Morgan fingerprint density at radius 3 is 1.16 bits per heavy atom. The molecule has 0 fully saturated rings. The van der Waals surface area contributed by atoms with Gasteiger partial charge in [-0.25, -0.2) is 4.39 Å². The lowest BCUT2D eigenvalue weighted by Crippen LogP contribution is -2.70. The van der Waals surface area contributed by atoms with Gasteiger partial charge in [-0.1, -0.05) is 13.3 Å². The average Bonchev–Trinajstić information content (AvgIpc) is 2.12. The van der Waals surface area contributed by atoms with E-state index in [1.165, 1.54) is 0 Å². The predicted octanol–water partition coefficient (Wildman–Crippen LogP) is 4.89. The third-order valence-electron chi connectivity index (χ3n) is 2.24. The van der Waals surface area contributed by atoms with E-state index < -0.39 is 42.7 Å². The SMILES string of the molecule is CCCC(F)(F)C(F)(F)C(F)(C(F)(F)F)C(F)(F)F. The summed E-state index contributed by atoms with van der Waals surface area (Å²) in [6.45, 7) is 0.811. The lowest BCUT2D eigenvalue weighted by Gasteiger charge is -2.39. The van der Waals surface area contributed by atoms with Gasteiger partial charge in [0.2, 0.25) is 0 Å². The monoisotopic (exact) mass is 312 g/mol. The standard InChI is InChI=1S/C8H7F11/c1-2-3-4(9,10)6(12,13)5(11,7(14,15)16)8(17,18)19/h2-3H2,1H3. The van der Waals surface area contributed by atoms with Crippen molar-refractivity contribution < 1.29 is 48.3 Å². The van der Waals surface area contributed by atoms with Crippen LogP contribution in [0.5, 0.6) is 0 Å². The smallest absolute Gasteiger partial charge is 0.216 e. The molecule has 0 unspecified atom stereocenters. The van der Waals surface area contributed by atoms with Crippen molar-refractivity contribution in [3.05, 3.63) is 0 Å². The van der Waals surface area contributed by atoms with Crippen molar-refractivity contribution in [1.82, 2.24) is 0 Å². The molecular formula is C8H7F11. The van der Waals surface area contributed by atoms with Crippen LogP contribution >= 0.6 is 0 Å². The van der Waals surface area contributed by atoms with Gasteiger partial charge in [-0.15, -0.1) is 0 Å². The highest BCUT2D eigenvalue weighted by Gasteiger charge is 2.89. The van der Waals surface area contributed by atoms with Gasteiger partial charge in [0.25, 0.3) is 0 Å². The van der Waals surface area contributed by atoms with E-state index in [1.807, 2.05) is 0 Å². The second kappa shape index (κ2) is 4.65. The number of hydrogen-bond donors (Lipinski definition) is 0. The summed E-state index contributed by atoms with van der Waals surface area (Å²) in [6.07, 6.45) is -17.4. The van der Waals surface area contributed by atoms with E-state index >= 15 is 0 Å². The van der Waals surface area contributed by atoms with Crippen LogP contribution < -0.4 is 0 Å². The highest BCUT2D eigenvalue weighted by Crippen LogP contribution is 2.59. The molecule has 0 nitrogen and oxygen atoms in total. The molecule has 0 aliphatic heterocycles. The van der Waals surface area contributed by atoms with Gasteiger partial charge in [-0.05, 0) is 0 Å². The van der Waals surface area contributed by atoms with Crippen molar-refractivity contribution in [2.24, 2.45) is 0 Å². The lowest BCUT2D eigenvalue weighted by atomic mass is 9.89. The minimum atomic E-state index is -7.33. The van der Waals surface area contributed by atoms with Crippen LogP contribution in [0.2, 0.25) is 0 Å². The largest absolute Gasteiger partial charge is 0.438 e. The summed E-state index contributed by atoms with van der Waals surface area (Å²) in [6, 6.07) is 0. The molecule has 0 aromatic heterocycles. The average molecular weight is 312 g/mol. The Labute approximate surface area is 99.1 Å². The van der Waals surface area contributed by atoms with Crippen molar-refractivity contribution in [3.8, 4) is 0 Å². The lowest BCUT2D eigenvalue weighted by molar-refractivity contribution is -0.426. The van der Waals surface area contributed by atoms with E-state index in [9.17, 15) is 48.3 Å². The van der Waals surface area contributed by atoms with Crippen LogP contribution in [0.1, 0.15) is 19.8 Å². The molecule has 0 aliphatic rings. The molecular weight excluding hydrogens is 305 g/mol. The molecule has 0 amide bonds. The molecule has 0 aromatic rings. The van der Waals surface area contributed by atoms with Crippen LogP contribution in [0.4, 0.5) is 48.3 Å². The van der Waals surface area contributed by atoms with E-state index in [-0.39, 0.29) is 0 Å². The summed E-state index contributed by atoms with van der Waals surface area (Å²) in [5.74, 6) is -12.8. The molecule has 0 aromatic carbocycles. The van der Waals surface area contributed by atoms with E-state index in [2.05, 4.69) is 0 Å². The van der Waals surface area contributed by atoms with Crippen molar-refractivity contribution in [1.29, 1.82) is 0 Å². The van der Waals surface area contributed by atoms with Crippen LogP contribution in [0, 0.1) is 0 Å². The molecule has 0 bridgehead atoms. The van der Waals surface area contributed by atoms with Gasteiger partial charge in [-0.3, -0.25) is 0 Å². The Hall–Kier alpha value is -0.770. The van der Waals surface area contributed by atoms with Crippen LogP contribution in [0.25, 0.3) is 0 Å². The van der Waals surface area contributed by atoms with Crippen molar-refractivity contribution in [3.63, 3.8) is 0 Å². The molecule has 0 rings (SSSR count). The summed E-state index contributed by atoms with van der Waals surface area (Å²) in [5.41, 5.74) is -7.33. The van der Waals surface area contributed by atoms with Gasteiger partial charge < -0.3 is 0 Å². The van der Waals surface area contributed by atoms with Crippen LogP contribution in [0.3, 0.4) is 0 Å². The first-order valence-corrected chi connectivity index (χ1v) is 4.64. The number of alkyl halides is 11. The molecule has 0 aliphatic carbocycles. The fourth-order valence-corrected chi connectivity index (χ4v) is 1.24. The first-order valence-electron chi connectivity index (χ1n) is 4.64. The molecule has 0 saturated heterocycles. The van der Waals surface area contributed by atoms with Gasteiger partial charge in [-0.2, -0.15) is 43.9 Å². The van der Waals surface area contributed by atoms with E-state index in [0.717, 1.165) is 6.92 Å². The fourth-order valence-electron chi connectivity index (χ4n) is 1.24. The Bertz CT molecular complexity index is 296.